The Morgan fingerprint density at radius 3 is 2.88 bits per heavy atom. The van der Waals surface area contributed by atoms with E-state index in [9.17, 15) is 9.90 Å². The Kier molecular flexibility index (Phi) is 6.00. The molecule has 3 aromatic heterocycles. The van der Waals surface area contributed by atoms with Crippen molar-refractivity contribution in [1.29, 1.82) is 0 Å². The highest BCUT2D eigenvalue weighted by Crippen LogP contribution is 2.24. The number of aliphatic hydroxyl groups excluding tert-OH is 1. The second-order valence-electron chi connectivity index (χ2n) is 9.12. The van der Waals surface area contributed by atoms with E-state index in [0.29, 0.717) is 22.9 Å². The van der Waals surface area contributed by atoms with E-state index in [1.54, 1.807) is 0 Å². The topological polar surface area (TPSA) is 83.9 Å². The number of imidazole rings is 1. The van der Waals surface area contributed by atoms with Crippen molar-refractivity contribution in [3.8, 4) is 11.3 Å². The molecule has 0 aliphatic carbocycles. The van der Waals surface area contributed by atoms with Crippen LogP contribution in [0, 0.1) is 13.8 Å². The first kappa shape index (κ1) is 21.8. The van der Waals surface area contributed by atoms with Crippen molar-refractivity contribution in [2.75, 3.05) is 19.7 Å². The number of hydrogen-bond acceptors (Lipinski definition) is 6. The number of aryl methyl sites for hydroxylation is 3. The maximum Gasteiger partial charge on any atom is 0.345 e. The molecule has 1 aromatic carbocycles. The lowest BCUT2D eigenvalue weighted by Crippen LogP contribution is -2.32. The molecule has 172 valence electrons. The average Bonchev–Trinajstić information content (AvgIpc) is 3.43. The van der Waals surface area contributed by atoms with E-state index in [2.05, 4.69) is 20.9 Å². The van der Waals surface area contributed by atoms with E-state index in [-0.39, 0.29) is 12.2 Å². The average molecular weight is 447 g/mol. The number of aromatic nitrogens is 3. The summed E-state index contributed by atoms with van der Waals surface area (Å²) in [7, 11) is 0. The molecule has 0 radical (unpaired) electrons. The lowest BCUT2D eigenvalue weighted by Gasteiger charge is -2.22. The van der Waals surface area contributed by atoms with Crippen molar-refractivity contribution in [3.63, 3.8) is 0 Å². The standard InChI is InChI=1S/C26H30N4O3/c1-17-14-30-15-23(28-25(30)18(2)27-17)22-13-20-9-8-19(12-24(20)33-26(22)32)6-3-4-10-29-11-5-7-21(29)16-31/h8-9,12-15,21,31H,3-7,10-11,16H2,1-2H3/t21-/m1/s1. The molecule has 1 atom stereocenters. The third-order valence-electron chi connectivity index (χ3n) is 6.67. The fourth-order valence-electron chi connectivity index (χ4n) is 4.96. The molecule has 0 spiro atoms. The lowest BCUT2D eigenvalue weighted by molar-refractivity contribution is 0.157. The molecule has 0 unspecified atom stereocenters. The smallest absolute Gasteiger partial charge is 0.345 e. The van der Waals surface area contributed by atoms with E-state index in [1.807, 2.05) is 48.8 Å². The number of benzene rings is 1. The maximum absolute atomic E-state index is 12.8. The Bertz CT molecular complexity index is 1360. The zero-order chi connectivity index (χ0) is 22.9. The van der Waals surface area contributed by atoms with Gasteiger partial charge in [0.1, 0.15) is 5.58 Å². The summed E-state index contributed by atoms with van der Waals surface area (Å²) in [6.45, 7) is 6.24. The highest BCUT2D eigenvalue weighted by molar-refractivity contribution is 5.81. The van der Waals surface area contributed by atoms with Crippen LogP contribution in [-0.4, -0.2) is 50.1 Å². The van der Waals surface area contributed by atoms with E-state index < -0.39 is 0 Å². The zero-order valence-corrected chi connectivity index (χ0v) is 19.3. The van der Waals surface area contributed by atoms with Gasteiger partial charge in [-0.3, -0.25) is 9.88 Å². The van der Waals surface area contributed by atoms with Crippen molar-refractivity contribution in [2.24, 2.45) is 0 Å². The molecule has 1 aliphatic heterocycles. The van der Waals surface area contributed by atoms with E-state index >= 15 is 0 Å². The van der Waals surface area contributed by atoms with Crippen LogP contribution in [-0.2, 0) is 6.42 Å². The van der Waals surface area contributed by atoms with Crippen molar-refractivity contribution < 1.29 is 9.52 Å². The first-order chi connectivity index (χ1) is 16.0. The van der Waals surface area contributed by atoms with Gasteiger partial charge in [0.2, 0.25) is 0 Å². The molecule has 4 heterocycles. The summed E-state index contributed by atoms with van der Waals surface area (Å²) in [6, 6.07) is 8.32. The minimum absolute atomic E-state index is 0.261. The fraction of sp³-hybridized carbons (Fsp3) is 0.423. The fourth-order valence-corrected chi connectivity index (χ4v) is 4.96. The van der Waals surface area contributed by atoms with Crippen LogP contribution in [0.2, 0.25) is 0 Å². The van der Waals surface area contributed by atoms with Gasteiger partial charge in [-0.25, -0.2) is 9.78 Å². The van der Waals surface area contributed by atoms with Gasteiger partial charge in [-0.1, -0.05) is 12.1 Å². The molecule has 33 heavy (non-hydrogen) atoms. The number of rotatable bonds is 7. The molecule has 4 aromatic rings. The molecule has 7 heteroatoms. The molecule has 0 amide bonds. The summed E-state index contributed by atoms with van der Waals surface area (Å²) in [6.07, 6.45) is 9.15. The molecule has 1 fully saturated rings. The van der Waals surface area contributed by atoms with Gasteiger partial charge in [-0.05, 0) is 76.7 Å². The second-order valence-corrected chi connectivity index (χ2v) is 9.12. The summed E-state index contributed by atoms with van der Waals surface area (Å²) in [5, 5.41) is 10.3. The lowest BCUT2D eigenvalue weighted by atomic mass is 10.0. The van der Waals surface area contributed by atoms with Gasteiger partial charge in [0.15, 0.2) is 5.65 Å². The second kappa shape index (κ2) is 9.08. The van der Waals surface area contributed by atoms with Crippen LogP contribution in [0.4, 0.5) is 0 Å². The summed E-state index contributed by atoms with van der Waals surface area (Å²) >= 11 is 0. The predicted molar refractivity (Wildman–Crippen MR) is 129 cm³/mol. The molecule has 1 saturated heterocycles. The minimum Gasteiger partial charge on any atom is -0.422 e. The van der Waals surface area contributed by atoms with Crippen molar-refractivity contribution in [1.82, 2.24) is 19.3 Å². The Hall–Kier alpha value is -3.03. The molecule has 5 rings (SSSR count). The zero-order valence-electron chi connectivity index (χ0n) is 19.3. The molecular weight excluding hydrogens is 416 g/mol. The number of hydrogen-bond donors (Lipinski definition) is 1. The molecule has 0 saturated carbocycles. The van der Waals surface area contributed by atoms with Gasteiger partial charge < -0.3 is 13.9 Å². The molecule has 1 N–H and O–H groups in total. The van der Waals surface area contributed by atoms with E-state index in [4.69, 9.17) is 4.42 Å². The SMILES string of the molecule is Cc1cn2cc(-c3cc4ccc(CCCCN5CCC[C@@H]5CO)cc4oc3=O)nc2c(C)n1. The van der Waals surface area contributed by atoms with E-state index in [0.717, 1.165) is 61.2 Å². The number of fused-ring (bicyclic) bond motifs is 2. The molecule has 7 nitrogen and oxygen atoms in total. The van der Waals surface area contributed by atoms with Crippen LogP contribution in [0.15, 0.2) is 45.9 Å². The summed E-state index contributed by atoms with van der Waals surface area (Å²) in [4.78, 5) is 24.3. The third kappa shape index (κ3) is 4.43. The van der Waals surface area contributed by atoms with Gasteiger partial charge in [0.05, 0.1) is 29.3 Å². The van der Waals surface area contributed by atoms with Crippen LogP contribution in [0.1, 0.15) is 42.6 Å². The third-order valence-corrected chi connectivity index (χ3v) is 6.67. The Labute approximate surface area is 192 Å². The number of likely N-dealkylation sites (tertiary alicyclic amines) is 1. The molecule has 0 bridgehead atoms. The van der Waals surface area contributed by atoms with Gasteiger partial charge in [0.25, 0.3) is 0 Å². The van der Waals surface area contributed by atoms with Crippen molar-refractivity contribution in [3.05, 3.63) is 64.0 Å². The van der Waals surface area contributed by atoms with Crippen LogP contribution in [0.3, 0.4) is 0 Å². The van der Waals surface area contributed by atoms with Crippen LogP contribution < -0.4 is 5.63 Å². The van der Waals surface area contributed by atoms with Crippen LogP contribution >= 0.6 is 0 Å². The van der Waals surface area contributed by atoms with Crippen LogP contribution in [0.5, 0.6) is 0 Å². The minimum atomic E-state index is -0.380. The van der Waals surface area contributed by atoms with Crippen molar-refractivity contribution >= 4 is 16.6 Å². The quantitative estimate of drug-likeness (QED) is 0.342. The van der Waals surface area contributed by atoms with Gasteiger partial charge in [-0.15, -0.1) is 0 Å². The highest BCUT2D eigenvalue weighted by atomic mass is 16.4. The van der Waals surface area contributed by atoms with Crippen molar-refractivity contribution in [2.45, 2.75) is 52.0 Å². The first-order valence-electron chi connectivity index (χ1n) is 11.8. The summed E-state index contributed by atoms with van der Waals surface area (Å²) in [5.74, 6) is 0. The van der Waals surface area contributed by atoms with Gasteiger partial charge in [-0.2, -0.15) is 0 Å². The first-order valence-corrected chi connectivity index (χ1v) is 11.8. The highest BCUT2D eigenvalue weighted by Gasteiger charge is 2.22. The largest absolute Gasteiger partial charge is 0.422 e. The summed E-state index contributed by atoms with van der Waals surface area (Å²) in [5.41, 5.74) is 4.91. The Morgan fingerprint density at radius 1 is 1.15 bits per heavy atom. The number of unbranched alkanes of at least 4 members (excludes halogenated alkanes) is 1. The molecule has 1 aliphatic rings. The summed E-state index contributed by atoms with van der Waals surface area (Å²) < 4.78 is 7.60. The maximum atomic E-state index is 12.8. The van der Waals surface area contributed by atoms with E-state index in [1.165, 1.54) is 12.0 Å². The van der Waals surface area contributed by atoms with Gasteiger partial charge in [0, 0.05) is 23.8 Å². The van der Waals surface area contributed by atoms with Gasteiger partial charge >= 0.3 is 5.63 Å². The Balaban J connectivity index is 1.32. The Morgan fingerprint density at radius 2 is 2.03 bits per heavy atom. The number of aliphatic hydroxyl groups is 1. The predicted octanol–water partition coefficient (Wildman–Crippen LogP) is 3.90. The number of nitrogens with zero attached hydrogens (tertiary/aromatic N) is 4. The monoisotopic (exact) mass is 446 g/mol. The normalized spacial score (nSPS) is 16.9. The molecular formula is C26H30N4O3. The van der Waals surface area contributed by atoms with Crippen LogP contribution in [0.25, 0.3) is 27.9 Å².